The fraction of sp³-hybridized carbons (Fsp3) is 0.400. The van der Waals surface area contributed by atoms with Crippen LogP contribution < -0.4 is 10.9 Å². The van der Waals surface area contributed by atoms with Crippen LogP contribution >= 0.6 is 23.1 Å². The van der Waals surface area contributed by atoms with Gasteiger partial charge in [-0.05, 0) is 62.1 Å². The Morgan fingerprint density at radius 1 is 1.42 bits per heavy atom. The van der Waals surface area contributed by atoms with Gasteiger partial charge in [-0.25, -0.2) is 4.98 Å². The highest BCUT2D eigenvalue weighted by Crippen LogP contribution is 2.36. The predicted octanol–water partition coefficient (Wildman–Crippen LogP) is 5.00. The largest absolute Gasteiger partial charge is 0.375 e. The van der Waals surface area contributed by atoms with E-state index in [9.17, 15) is 4.79 Å². The first-order valence-electron chi connectivity index (χ1n) is 9.00. The number of thioether (sulfide) groups is 1. The summed E-state index contributed by atoms with van der Waals surface area (Å²) in [5.41, 5.74) is 2.27. The van der Waals surface area contributed by atoms with Crippen LogP contribution in [0.4, 0.5) is 5.69 Å². The zero-order chi connectivity index (χ0) is 18.3. The number of aromatic amines is 1. The van der Waals surface area contributed by atoms with Crippen molar-refractivity contribution in [1.29, 1.82) is 0 Å². The average Bonchev–Trinajstić information content (AvgIpc) is 2.99. The van der Waals surface area contributed by atoms with E-state index in [4.69, 9.17) is 4.98 Å². The highest BCUT2D eigenvalue weighted by molar-refractivity contribution is 7.98. The lowest BCUT2D eigenvalue weighted by Gasteiger charge is -2.17. The molecule has 2 N–H and O–H groups in total. The van der Waals surface area contributed by atoms with E-state index in [1.807, 2.05) is 19.1 Å². The van der Waals surface area contributed by atoms with Gasteiger partial charge in [0, 0.05) is 15.5 Å². The van der Waals surface area contributed by atoms with E-state index in [0.29, 0.717) is 11.7 Å². The second-order valence-corrected chi connectivity index (χ2v) is 9.04. The topological polar surface area (TPSA) is 57.8 Å². The minimum atomic E-state index is -0.0674. The molecule has 0 saturated carbocycles. The first-order valence-corrected chi connectivity index (χ1v) is 11.0. The molecule has 2 atom stereocenters. The summed E-state index contributed by atoms with van der Waals surface area (Å²) in [6, 6.07) is 8.21. The number of aryl methyl sites for hydroxylation is 1. The number of fused-ring (bicyclic) bond motifs is 3. The van der Waals surface area contributed by atoms with Crippen LogP contribution in [-0.2, 0) is 12.8 Å². The highest BCUT2D eigenvalue weighted by Gasteiger charge is 2.23. The van der Waals surface area contributed by atoms with Gasteiger partial charge in [-0.2, -0.15) is 0 Å². The zero-order valence-electron chi connectivity index (χ0n) is 15.3. The fourth-order valence-electron chi connectivity index (χ4n) is 3.60. The van der Waals surface area contributed by atoms with Crippen molar-refractivity contribution in [2.24, 2.45) is 5.92 Å². The molecule has 6 heteroatoms. The monoisotopic (exact) mass is 385 g/mol. The number of H-pyrrole nitrogens is 1. The number of benzene rings is 1. The fourth-order valence-corrected chi connectivity index (χ4v) is 5.45. The van der Waals surface area contributed by atoms with Crippen LogP contribution in [0.3, 0.4) is 0 Å². The molecule has 0 unspecified atom stereocenters. The standard InChI is InChI=1S/C20H23N3OS2/c1-11-7-8-15-16(9-11)26-20-17(15)19(24)22-18(23-20)12(2)21-13-5-4-6-14(10-13)25-3/h4-6,10-12,21H,7-9H2,1-3H3,(H,22,23,24)/t11-,12+/m1/s1. The Balaban J connectivity index is 1.67. The van der Waals surface area contributed by atoms with E-state index in [1.54, 1.807) is 23.1 Å². The Kier molecular flexibility index (Phi) is 4.80. The molecule has 0 bridgehead atoms. The summed E-state index contributed by atoms with van der Waals surface area (Å²) in [6.45, 7) is 4.32. The van der Waals surface area contributed by atoms with Crippen LogP contribution in [-0.4, -0.2) is 16.2 Å². The van der Waals surface area contributed by atoms with E-state index < -0.39 is 0 Å². The highest BCUT2D eigenvalue weighted by atomic mass is 32.2. The van der Waals surface area contributed by atoms with Crippen molar-refractivity contribution in [3.63, 3.8) is 0 Å². The molecule has 1 aliphatic carbocycles. The lowest BCUT2D eigenvalue weighted by atomic mass is 9.89. The Hall–Kier alpha value is -1.79. The Morgan fingerprint density at radius 2 is 2.27 bits per heavy atom. The van der Waals surface area contributed by atoms with Crippen molar-refractivity contribution in [1.82, 2.24) is 9.97 Å². The van der Waals surface area contributed by atoms with Gasteiger partial charge in [0.2, 0.25) is 0 Å². The molecule has 0 spiro atoms. The average molecular weight is 386 g/mol. The van der Waals surface area contributed by atoms with E-state index in [1.165, 1.54) is 15.3 Å². The summed E-state index contributed by atoms with van der Waals surface area (Å²) in [5.74, 6) is 1.39. The van der Waals surface area contributed by atoms with E-state index in [-0.39, 0.29) is 11.6 Å². The number of nitrogens with zero attached hydrogens (tertiary/aromatic N) is 1. The molecule has 4 nitrogen and oxygen atoms in total. The second-order valence-electron chi connectivity index (χ2n) is 7.08. The predicted molar refractivity (Wildman–Crippen MR) is 112 cm³/mol. The van der Waals surface area contributed by atoms with Gasteiger partial charge in [-0.15, -0.1) is 23.1 Å². The van der Waals surface area contributed by atoms with Gasteiger partial charge in [0.25, 0.3) is 5.56 Å². The number of nitrogens with one attached hydrogen (secondary N) is 2. The van der Waals surface area contributed by atoms with Crippen LogP contribution in [0.5, 0.6) is 0 Å². The van der Waals surface area contributed by atoms with Crippen LogP contribution in [0.25, 0.3) is 10.2 Å². The normalized spacial score (nSPS) is 17.9. The third kappa shape index (κ3) is 3.28. The van der Waals surface area contributed by atoms with Crippen LogP contribution in [0.15, 0.2) is 34.0 Å². The molecular weight excluding hydrogens is 362 g/mol. The van der Waals surface area contributed by atoms with E-state index in [0.717, 1.165) is 35.2 Å². The molecule has 3 aromatic rings. The van der Waals surface area contributed by atoms with E-state index in [2.05, 4.69) is 35.6 Å². The molecule has 1 aromatic carbocycles. The van der Waals surface area contributed by atoms with Crippen molar-refractivity contribution < 1.29 is 0 Å². The first-order chi connectivity index (χ1) is 12.5. The molecule has 136 valence electrons. The molecule has 2 aromatic heterocycles. The van der Waals surface area contributed by atoms with Gasteiger partial charge in [-0.1, -0.05) is 13.0 Å². The van der Waals surface area contributed by atoms with Gasteiger partial charge in [0.15, 0.2) is 0 Å². The maximum Gasteiger partial charge on any atom is 0.259 e. The summed E-state index contributed by atoms with van der Waals surface area (Å²) < 4.78 is 0. The van der Waals surface area contributed by atoms with Gasteiger partial charge < -0.3 is 10.3 Å². The summed E-state index contributed by atoms with van der Waals surface area (Å²) in [5, 5.41) is 4.27. The lowest BCUT2D eigenvalue weighted by molar-refractivity contribution is 0.509. The maximum absolute atomic E-state index is 12.8. The van der Waals surface area contributed by atoms with Crippen molar-refractivity contribution >= 4 is 39.0 Å². The van der Waals surface area contributed by atoms with Gasteiger partial charge >= 0.3 is 0 Å². The van der Waals surface area contributed by atoms with Gasteiger partial charge in [0.05, 0.1) is 11.4 Å². The molecule has 0 amide bonds. The van der Waals surface area contributed by atoms with Crippen LogP contribution in [0.2, 0.25) is 0 Å². The molecule has 0 radical (unpaired) electrons. The molecular formula is C20H23N3OS2. The van der Waals surface area contributed by atoms with Crippen molar-refractivity contribution in [3.8, 4) is 0 Å². The van der Waals surface area contributed by atoms with Gasteiger partial charge in [-0.3, -0.25) is 4.79 Å². The van der Waals surface area contributed by atoms with Crippen LogP contribution in [0.1, 0.15) is 42.6 Å². The number of aromatic nitrogens is 2. The molecule has 0 fully saturated rings. The Labute approximate surface area is 161 Å². The summed E-state index contributed by atoms with van der Waals surface area (Å²) in [4.78, 5) is 24.0. The quantitative estimate of drug-likeness (QED) is 0.620. The SMILES string of the molecule is CSc1cccc(N[C@@H](C)c2nc3sc4c(c3c(=O)[nH]2)CC[C@@H](C)C4)c1. The molecule has 1 aliphatic rings. The third-order valence-corrected chi connectivity index (χ3v) is 6.92. The van der Waals surface area contributed by atoms with Crippen molar-refractivity contribution in [3.05, 3.63) is 50.9 Å². The number of hydrogen-bond donors (Lipinski definition) is 2. The third-order valence-electron chi connectivity index (χ3n) is 5.05. The number of hydrogen-bond acceptors (Lipinski definition) is 5. The zero-order valence-corrected chi connectivity index (χ0v) is 16.9. The number of thiophene rings is 1. The lowest BCUT2D eigenvalue weighted by Crippen LogP contribution is -2.18. The van der Waals surface area contributed by atoms with Crippen molar-refractivity contribution in [2.75, 3.05) is 11.6 Å². The summed E-state index contributed by atoms with van der Waals surface area (Å²) in [6.07, 6.45) is 5.29. The summed E-state index contributed by atoms with van der Waals surface area (Å²) in [7, 11) is 0. The molecule has 0 saturated heterocycles. The molecule has 4 rings (SSSR count). The molecule has 0 aliphatic heterocycles. The van der Waals surface area contributed by atoms with Crippen molar-refractivity contribution in [2.45, 2.75) is 44.0 Å². The van der Waals surface area contributed by atoms with Crippen LogP contribution in [0, 0.1) is 5.92 Å². The molecule has 2 heterocycles. The Bertz CT molecular complexity index is 1010. The maximum atomic E-state index is 12.8. The minimum Gasteiger partial charge on any atom is -0.375 e. The smallest absolute Gasteiger partial charge is 0.259 e. The second kappa shape index (κ2) is 7.08. The van der Waals surface area contributed by atoms with E-state index >= 15 is 0 Å². The summed E-state index contributed by atoms with van der Waals surface area (Å²) >= 11 is 3.41. The Morgan fingerprint density at radius 3 is 3.08 bits per heavy atom. The first kappa shape index (κ1) is 17.6. The van der Waals surface area contributed by atoms with Gasteiger partial charge in [0.1, 0.15) is 10.7 Å². The number of anilines is 1. The molecule has 26 heavy (non-hydrogen) atoms. The number of rotatable bonds is 4. The minimum absolute atomic E-state index is 0.00330.